The smallest absolute Gasteiger partial charge is 0.242 e. The maximum atomic E-state index is 12.3. The number of thiophene rings is 1. The summed E-state index contributed by atoms with van der Waals surface area (Å²) >= 11 is 1.48. The summed E-state index contributed by atoms with van der Waals surface area (Å²) in [6.45, 7) is 4.34. The number of aryl methyl sites for hydroxylation is 2. The van der Waals surface area contributed by atoms with Gasteiger partial charge in [-0.2, -0.15) is 0 Å². The molecule has 0 fully saturated rings. The number of hydrogen-bond donors (Lipinski definition) is 2. The van der Waals surface area contributed by atoms with E-state index in [4.69, 9.17) is 4.52 Å². The van der Waals surface area contributed by atoms with Crippen LogP contribution in [0.5, 0.6) is 0 Å². The lowest BCUT2D eigenvalue weighted by Gasteiger charge is -2.03. The SMILES string of the molecule is CNCc1cc(S(=O)(=O)NCc2cc(C)on2)c(C)s1. The van der Waals surface area contributed by atoms with E-state index in [2.05, 4.69) is 15.2 Å². The quantitative estimate of drug-likeness (QED) is 0.845. The Bertz CT molecular complexity index is 689. The zero-order valence-electron chi connectivity index (χ0n) is 11.6. The third-order valence-electron chi connectivity index (χ3n) is 2.68. The van der Waals surface area contributed by atoms with E-state index in [1.807, 2.05) is 7.05 Å². The summed E-state index contributed by atoms with van der Waals surface area (Å²) < 4.78 is 32.0. The van der Waals surface area contributed by atoms with E-state index < -0.39 is 10.0 Å². The average molecular weight is 315 g/mol. The Morgan fingerprint density at radius 1 is 1.30 bits per heavy atom. The maximum Gasteiger partial charge on any atom is 0.242 e. The molecule has 0 radical (unpaired) electrons. The molecule has 2 heterocycles. The minimum Gasteiger partial charge on any atom is -0.361 e. The van der Waals surface area contributed by atoms with Gasteiger partial charge in [-0.15, -0.1) is 11.3 Å². The normalized spacial score (nSPS) is 11.9. The second kappa shape index (κ2) is 6.04. The van der Waals surface area contributed by atoms with Crippen LogP contribution >= 0.6 is 11.3 Å². The lowest BCUT2D eigenvalue weighted by molar-refractivity contribution is 0.390. The van der Waals surface area contributed by atoms with Gasteiger partial charge >= 0.3 is 0 Å². The van der Waals surface area contributed by atoms with Crippen molar-refractivity contribution in [3.05, 3.63) is 33.3 Å². The molecule has 2 aromatic rings. The van der Waals surface area contributed by atoms with Gasteiger partial charge < -0.3 is 9.84 Å². The molecule has 0 spiro atoms. The second-order valence-corrected chi connectivity index (χ2v) is 7.49. The first-order valence-corrected chi connectivity index (χ1v) is 8.38. The predicted molar refractivity (Wildman–Crippen MR) is 77.1 cm³/mol. The Balaban J connectivity index is 2.13. The van der Waals surface area contributed by atoms with Crippen LogP contribution in [0.3, 0.4) is 0 Å². The Labute approximate surface area is 122 Å². The van der Waals surface area contributed by atoms with Crippen molar-refractivity contribution in [2.24, 2.45) is 0 Å². The molecule has 8 heteroatoms. The highest BCUT2D eigenvalue weighted by atomic mass is 32.2. The van der Waals surface area contributed by atoms with Crippen LogP contribution in [0.1, 0.15) is 21.2 Å². The molecule has 0 saturated heterocycles. The largest absolute Gasteiger partial charge is 0.361 e. The molecule has 6 nitrogen and oxygen atoms in total. The molecular formula is C12H17N3O3S2. The molecule has 20 heavy (non-hydrogen) atoms. The molecule has 0 amide bonds. The highest BCUT2D eigenvalue weighted by Crippen LogP contribution is 2.25. The minimum absolute atomic E-state index is 0.121. The molecule has 0 aliphatic rings. The standard InChI is InChI=1S/C12H17N3O3S2/c1-8-4-10(15-18-8)6-14-20(16,17)12-5-11(7-13-3)19-9(12)2/h4-5,13-14H,6-7H2,1-3H3. The molecule has 0 bridgehead atoms. The fraction of sp³-hybridized carbons (Fsp3) is 0.417. The molecule has 2 aromatic heterocycles. The first-order chi connectivity index (χ1) is 9.42. The van der Waals surface area contributed by atoms with E-state index in [0.717, 1.165) is 9.75 Å². The van der Waals surface area contributed by atoms with Crippen LogP contribution in [0, 0.1) is 13.8 Å². The van der Waals surface area contributed by atoms with Crippen LogP contribution < -0.4 is 10.0 Å². The highest BCUT2D eigenvalue weighted by Gasteiger charge is 2.20. The fourth-order valence-corrected chi connectivity index (χ4v) is 4.44. The van der Waals surface area contributed by atoms with Gasteiger partial charge in [-0.3, -0.25) is 0 Å². The van der Waals surface area contributed by atoms with Crippen LogP contribution in [-0.4, -0.2) is 20.6 Å². The third kappa shape index (κ3) is 3.45. The molecule has 0 unspecified atom stereocenters. The summed E-state index contributed by atoms with van der Waals surface area (Å²) in [4.78, 5) is 2.09. The molecule has 0 atom stereocenters. The lowest BCUT2D eigenvalue weighted by Crippen LogP contribution is -2.23. The predicted octanol–water partition coefficient (Wildman–Crippen LogP) is 1.55. The number of hydrogen-bond acceptors (Lipinski definition) is 6. The molecule has 0 aliphatic heterocycles. The Morgan fingerprint density at radius 2 is 2.05 bits per heavy atom. The van der Waals surface area contributed by atoms with E-state index in [9.17, 15) is 8.42 Å². The summed E-state index contributed by atoms with van der Waals surface area (Å²) in [5.41, 5.74) is 0.564. The number of nitrogens with zero attached hydrogens (tertiary/aromatic N) is 1. The van der Waals surface area contributed by atoms with Crippen molar-refractivity contribution in [2.75, 3.05) is 7.05 Å². The van der Waals surface area contributed by atoms with Crippen molar-refractivity contribution in [1.82, 2.24) is 15.2 Å². The van der Waals surface area contributed by atoms with Crippen molar-refractivity contribution in [3.8, 4) is 0 Å². The molecule has 2 rings (SSSR count). The summed E-state index contributed by atoms with van der Waals surface area (Å²) in [5.74, 6) is 0.655. The van der Waals surface area contributed by atoms with Crippen molar-refractivity contribution in [2.45, 2.75) is 31.8 Å². The van der Waals surface area contributed by atoms with E-state index in [1.165, 1.54) is 11.3 Å². The zero-order chi connectivity index (χ0) is 14.8. The summed E-state index contributed by atoms with van der Waals surface area (Å²) in [7, 11) is -1.70. The molecule has 0 aliphatic carbocycles. The topological polar surface area (TPSA) is 84.2 Å². The first kappa shape index (κ1) is 15.2. The fourth-order valence-electron chi connectivity index (χ4n) is 1.80. The number of sulfonamides is 1. The maximum absolute atomic E-state index is 12.3. The van der Waals surface area contributed by atoms with Crippen molar-refractivity contribution in [3.63, 3.8) is 0 Å². The summed E-state index contributed by atoms with van der Waals surface area (Å²) in [5, 5.41) is 6.77. The molecule has 0 saturated carbocycles. The van der Waals surface area contributed by atoms with Crippen LogP contribution in [0.25, 0.3) is 0 Å². The van der Waals surface area contributed by atoms with Gasteiger partial charge in [0, 0.05) is 22.4 Å². The van der Waals surface area contributed by atoms with Crippen LogP contribution in [0.4, 0.5) is 0 Å². The molecule has 110 valence electrons. The van der Waals surface area contributed by atoms with Gasteiger partial charge in [0.15, 0.2) is 0 Å². The van der Waals surface area contributed by atoms with Crippen LogP contribution in [0.15, 0.2) is 21.6 Å². The Morgan fingerprint density at radius 3 is 2.65 bits per heavy atom. The summed E-state index contributed by atoms with van der Waals surface area (Å²) in [6, 6.07) is 3.41. The van der Waals surface area contributed by atoms with Gasteiger partial charge in [0.05, 0.1) is 17.1 Å². The van der Waals surface area contributed by atoms with Gasteiger partial charge in [-0.05, 0) is 27.0 Å². The van der Waals surface area contributed by atoms with E-state index in [0.29, 0.717) is 22.9 Å². The molecule has 2 N–H and O–H groups in total. The Hall–Kier alpha value is -1.22. The average Bonchev–Trinajstić information content (AvgIpc) is 2.94. The molecule has 0 aromatic carbocycles. The zero-order valence-corrected chi connectivity index (χ0v) is 13.2. The van der Waals surface area contributed by atoms with Crippen LogP contribution in [-0.2, 0) is 23.1 Å². The number of rotatable bonds is 6. The second-order valence-electron chi connectivity index (χ2n) is 4.42. The van der Waals surface area contributed by atoms with Crippen molar-refractivity contribution in [1.29, 1.82) is 0 Å². The van der Waals surface area contributed by atoms with Gasteiger partial charge in [0.2, 0.25) is 10.0 Å². The number of aromatic nitrogens is 1. The molecular weight excluding hydrogens is 298 g/mol. The van der Waals surface area contributed by atoms with Gasteiger partial charge in [0.1, 0.15) is 5.76 Å². The first-order valence-electron chi connectivity index (χ1n) is 6.08. The van der Waals surface area contributed by atoms with Crippen molar-refractivity contribution < 1.29 is 12.9 Å². The van der Waals surface area contributed by atoms with E-state index in [-0.39, 0.29) is 6.54 Å². The van der Waals surface area contributed by atoms with Gasteiger partial charge in [0.25, 0.3) is 0 Å². The summed E-state index contributed by atoms with van der Waals surface area (Å²) in [6.07, 6.45) is 0. The van der Waals surface area contributed by atoms with Gasteiger partial charge in [-0.1, -0.05) is 5.16 Å². The van der Waals surface area contributed by atoms with E-state index >= 15 is 0 Å². The number of nitrogens with one attached hydrogen (secondary N) is 2. The van der Waals surface area contributed by atoms with Crippen molar-refractivity contribution >= 4 is 21.4 Å². The monoisotopic (exact) mass is 315 g/mol. The Kier molecular flexibility index (Phi) is 4.59. The highest BCUT2D eigenvalue weighted by molar-refractivity contribution is 7.89. The minimum atomic E-state index is -3.53. The van der Waals surface area contributed by atoms with Crippen LogP contribution in [0.2, 0.25) is 0 Å². The van der Waals surface area contributed by atoms with Gasteiger partial charge in [-0.25, -0.2) is 13.1 Å². The third-order valence-corrected chi connectivity index (χ3v) is 5.39. The lowest BCUT2D eigenvalue weighted by atomic mass is 10.4. The van der Waals surface area contributed by atoms with E-state index in [1.54, 1.807) is 26.0 Å².